The summed E-state index contributed by atoms with van der Waals surface area (Å²) in [6.07, 6.45) is 0.704. The number of H-pyrrole nitrogens is 1. The Labute approximate surface area is 88.3 Å². The van der Waals surface area contributed by atoms with Gasteiger partial charge in [0, 0.05) is 12.0 Å². The number of methoxy groups -OCH3 is 1. The molecule has 0 atom stereocenters. The highest BCUT2D eigenvalue weighted by Crippen LogP contribution is 2.20. The van der Waals surface area contributed by atoms with Gasteiger partial charge >= 0.3 is 0 Å². The van der Waals surface area contributed by atoms with E-state index in [4.69, 9.17) is 4.74 Å². The van der Waals surface area contributed by atoms with Crippen LogP contribution in [-0.2, 0) is 6.42 Å². The first-order valence-electron chi connectivity index (χ1n) is 4.65. The molecule has 1 radical (unpaired) electrons. The number of hydrogen-bond acceptors (Lipinski definition) is 3. The van der Waals surface area contributed by atoms with Gasteiger partial charge in [0.15, 0.2) is 0 Å². The molecular formula is C11H12N3O. The maximum absolute atomic E-state index is 5.26. The number of aromatic amines is 1. The molecule has 0 aliphatic heterocycles. The minimum Gasteiger partial charge on any atom is -0.496 e. The predicted molar refractivity (Wildman–Crippen MR) is 56.6 cm³/mol. The molecule has 0 fully saturated rings. The summed E-state index contributed by atoms with van der Waals surface area (Å²) in [5.74, 6) is 0.867. The fourth-order valence-electron chi connectivity index (χ4n) is 1.45. The van der Waals surface area contributed by atoms with Crippen molar-refractivity contribution in [1.82, 2.24) is 15.4 Å². The molecule has 0 spiro atoms. The van der Waals surface area contributed by atoms with E-state index in [9.17, 15) is 0 Å². The summed E-state index contributed by atoms with van der Waals surface area (Å²) in [6, 6.07) is 7.87. The smallest absolute Gasteiger partial charge is 0.122 e. The third kappa shape index (κ3) is 1.98. The summed E-state index contributed by atoms with van der Waals surface area (Å²) in [6.45, 7) is 3.79. The quantitative estimate of drug-likeness (QED) is 0.822. The van der Waals surface area contributed by atoms with Crippen LogP contribution in [0.4, 0.5) is 0 Å². The van der Waals surface area contributed by atoms with Gasteiger partial charge in [-0.15, -0.1) is 5.10 Å². The minimum atomic E-state index is 0.681. The maximum atomic E-state index is 5.26. The molecule has 4 heteroatoms. The molecule has 1 N–H and O–H groups in total. The Morgan fingerprint density at radius 1 is 1.40 bits per heavy atom. The van der Waals surface area contributed by atoms with Gasteiger partial charge in [-0.2, -0.15) is 0 Å². The average Bonchev–Trinajstić information content (AvgIpc) is 2.65. The van der Waals surface area contributed by atoms with Gasteiger partial charge in [-0.1, -0.05) is 23.4 Å². The monoisotopic (exact) mass is 202 g/mol. The molecule has 4 nitrogen and oxygen atoms in total. The van der Waals surface area contributed by atoms with Crippen molar-refractivity contribution >= 4 is 0 Å². The van der Waals surface area contributed by atoms with E-state index in [-0.39, 0.29) is 0 Å². The van der Waals surface area contributed by atoms with E-state index in [1.54, 1.807) is 7.11 Å². The SMILES string of the molecule is [CH2]c1nn[nH]c1Cc1ccccc1OC. The van der Waals surface area contributed by atoms with Crippen molar-refractivity contribution in [1.29, 1.82) is 0 Å². The molecule has 1 heterocycles. The number of ether oxygens (including phenoxy) is 1. The molecule has 77 valence electrons. The van der Waals surface area contributed by atoms with Crippen LogP contribution in [-0.4, -0.2) is 22.5 Å². The lowest BCUT2D eigenvalue weighted by Crippen LogP contribution is -1.95. The van der Waals surface area contributed by atoms with Gasteiger partial charge in [-0.3, -0.25) is 5.10 Å². The first-order valence-corrected chi connectivity index (χ1v) is 4.65. The van der Waals surface area contributed by atoms with E-state index in [0.29, 0.717) is 12.1 Å². The van der Waals surface area contributed by atoms with E-state index in [1.165, 1.54) is 0 Å². The molecule has 15 heavy (non-hydrogen) atoms. The summed E-state index contributed by atoms with van der Waals surface area (Å²) in [5, 5.41) is 10.3. The third-order valence-electron chi connectivity index (χ3n) is 2.26. The zero-order valence-corrected chi connectivity index (χ0v) is 8.53. The maximum Gasteiger partial charge on any atom is 0.122 e. The zero-order valence-electron chi connectivity index (χ0n) is 8.53. The van der Waals surface area contributed by atoms with Gasteiger partial charge in [-0.05, 0) is 13.0 Å². The highest BCUT2D eigenvalue weighted by atomic mass is 16.5. The van der Waals surface area contributed by atoms with E-state index < -0.39 is 0 Å². The van der Waals surface area contributed by atoms with Crippen LogP contribution in [0.3, 0.4) is 0 Å². The molecule has 1 aromatic carbocycles. The Morgan fingerprint density at radius 3 is 2.87 bits per heavy atom. The number of hydrogen-bond donors (Lipinski definition) is 1. The number of rotatable bonds is 3. The second-order valence-electron chi connectivity index (χ2n) is 3.23. The summed E-state index contributed by atoms with van der Waals surface area (Å²) < 4.78 is 5.26. The van der Waals surface area contributed by atoms with Gasteiger partial charge in [0.05, 0.1) is 18.5 Å². The van der Waals surface area contributed by atoms with Crippen LogP contribution in [0.2, 0.25) is 0 Å². The summed E-state index contributed by atoms with van der Waals surface area (Å²) >= 11 is 0. The van der Waals surface area contributed by atoms with Crippen molar-refractivity contribution in [3.05, 3.63) is 48.1 Å². The average molecular weight is 202 g/mol. The third-order valence-corrected chi connectivity index (χ3v) is 2.26. The fourth-order valence-corrected chi connectivity index (χ4v) is 1.45. The van der Waals surface area contributed by atoms with Crippen LogP contribution in [0.5, 0.6) is 5.75 Å². The molecule has 0 saturated carbocycles. The fraction of sp³-hybridized carbons (Fsp3) is 0.182. The Morgan fingerprint density at radius 2 is 2.20 bits per heavy atom. The Bertz CT molecular complexity index is 451. The van der Waals surface area contributed by atoms with Crippen molar-refractivity contribution in [3.63, 3.8) is 0 Å². The second-order valence-corrected chi connectivity index (χ2v) is 3.23. The van der Waals surface area contributed by atoms with Gasteiger partial charge in [0.2, 0.25) is 0 Å². The van der Waals surface area contributed by atoms with E-state index in [0.717, 1.165) is 17.0 Å². The van der Waals surface area contributed by atoms with Crippen LogP contribution < -0.4 is 4.74 Å². The number of para-hydroxylation sites is 1. The molecule has 0 saturated heterocycles. The van der Waals surface area contributed by atoms with E-state index >= 15 is 0 Å². The summed E-state index contributed by atoms with van der Waals surface area (Å²) in [4.78, 5) is 0. The number of aromatic nitrogens is 3. The first-order chi connectivity index (χ1) is 7.31. The van der Waals surface area contributed by atoms with Gasteiger partial charge in [-0.25, -0.2) is 0 Å². The van der Waals surface area contributed by atoms with Crippen molar-refractivity contribution in [2.24, 2.45) is 0 Å². The molecule has 2 aromatic rings. The molecular weight excluding hydrogens is 190 g/mol. The van der Waals surface area contributed by atoms with Crippen LogP contribution in [0.1, 0.15) is 17.0 Å². The molecule has 0 aliphatic rings. The van der Waals surface area contributed by atoms with Crippen molar-refractivity contribution in [2.45, 2.75) is 6.42 Å². The van der Waals surface area contributed by atoms with Crippen LogP contribution in [0.15, 0.2) is 24.3 Å². The molecule has 0 unspecified atom stereocenters. The van der Waals surface area contributed by atoms with Crippen LogP contribution >= 0.6 is 0 Å². The first kappa shape index (κ1) is 9.71. The van der Waals surface area contributed by atoms with Crippen molar-refractivity contribution in [3.8, 4) is 5.75 Å². The van der Waals surface area contributed by atoms with E-state index in [1.807, 2.05) is 24.3 Å². The molecule has 0 amide bonds. The zero-order chi connectivity index (χ0) is 10.7. The Kier molecular flexibility index (Phi) is 2.67. The normalized spacial score (nSPS) is 10.3. The highest BCUT2D eigenvalue weighted by Gasteiger charge is 2.07. The molecule has 0 aliphatic carbocycles. The van der Waals surface area contributed by atoms with Gasteiger partial charge < -0.3 is 4.74 Å². The van der Waals surface area contributed by atoms with E-state index in [2.05, 4.69) is 22.3 Å². The molecule has 0 bridgehead atoms. The lowest BCUT2D eigenvalue weighted by atomic mass is 10.1. The summed E-state index contributed by atoms with van der Waals surface area (Å²) in [7, 11) is 1.66. The van der Waals surface area contributed by atoms with Gasteiger partial charge in [0.1, 0.15) is 5.75 Å². The number of nitrogens with zero attached hydrogens (tertiary/aromatic N) is 2. The lowest BCUT2D eigenvalue weighted by Gasteiger charge is -2.06. The van der Waals surface area contributed by atoms with Crippen molar-refractivity contribution in [2.75, 3.05) is 7.11 Å². The second kappa shape index (κ2) is 4.13. The molecule has 1 aromatic heterocycles. The number of benzene rings is 1. The Hall–Kier alpha value is -1.84. The highest BCUT2D eigenvalue weighted by molar-refractivity contribution is 5.36. The van der Waals surface area contributed by atoms with Crippen LogP contribution in [0.25, 0.3) is 0 Å². The Balaban J connectivity index is 2.28. The lowest BCUT2D eigenvalue weighted by molar-refractivity contribution is 0.410. The van der Waals surface area contributed by atoms with Gasteiger partial charge in [0.25, 0.3) is 0 Å². The number of nitrogens with one attached hydrogen (secondary N) is 1. The minimum absolute atomic E-state index is 0.681. The molecule has 2 rings (SSSR count). The van der Waals surface area contributed by atoms with Crippen molar-refractivity contribution < 1.29 is 4.74 Å². The predicted octanol–water partition coefficient (Wildman–Crippen LogP) is 1.59. The standard InChI is InChI=1S/C11H12N3O/c1-8-10(13-14-12-8)7-9-5-3-4-6-11(9)15-2/h3-6H,1,7H2,2H3,(H,12,13,14). The summed E-state index contributed by atoms with van der Waals surface area (Å²) in [5.41, 5.74) is 2.69. The largest absolute Gasteiger partial charge is 0.496 e. The van der Waals surface area contributed by atoms with Crippen LogP contribution in [0, 0.1) is 6.92 Å². The topological polar surface area (TPSA) is 50.8 Å².